The fourth-order valence-corrected chi connectivity index (χ4v) is 0. The molecule has 0 aliphatic carbocycles. The number of hydrogen-bond acceptors (Lipinski definition) is 1. The van der Waals surface area contributed by atoms with Crippen LogP contribution in [0.15, 0.2) is 0 Å². The molecule has 0 amide bonds. The van der Waals surface area contributed by atoms with Crippen molar-refractivity contribution in [3.63, 3.8) is 0 Å². The van der Waals surface area contributed by atoms with Crippen LogP contribution in [0.2, 0.25) is 0 Å². The Balaban J connectivity index is 0. The Kier molecular flexibility index (Phi) is 19.9. The first-order valence-corrected chi connectivity index (χ1v) is 2.57. The van der Waals surface area contributed by atoms with Crippen LogP contribution >= 0.6 is 0 Å². The molecule has 0 rings (SSSR count). The molecule has 0 aromatic rings. The molecule has 0 saturated carbocycles. The summed E-state index contributed by atoms with van der Waals surface area (Å²) >= 11 is -1.94. The molecule has 1 radical (unpaired) electrons. The quantitative estimate of drug-likeness (QED) is 0.389. The average Bonchev–Trinajstić information content (AvgIpc) is 0.918. The summed E-state index contributed by atoms with van der Waals surface area (Å²) < 4.78 is 15.8. The molecule has 4 heteroatoms. The third-order valence-corrected chi connectivity index (χ3v) is 0. The van der Waals surface area contributed by atoms with Crippen molar-refractivity contribution in [3.8, 4) is 0 Å². The molecule has 0 bridgehead atoms. The van der Waals surface area contributed by atoms with Gasteiger partial charge >= 0.3 is 23.9 Å². The summed E-state index contributed by atoms with van der Waals surface area (Å²) in [6.07, 6.45) is 0. The zero-order valence-electron chi connectivity index (χ0n) is 2.43. The third-order valence-electron chi connectivity index (χ3n) is 0. The number of hydrogen-bond donors (Lipinski definition) is 1. The summed E-state index contributed by atoms with van der Waals surface area (Å²) in [5.74, 6) is 0. The Bertz CT molecular complexity index is 13.5. The van der Waals surface area contributed by atoms with E-state index in [4.69, 9.17) is 7.84 Å². The molecule has 0 heterocycles. The molecule has 0 aliphatic heterocycles. The van der Waals surface area contributed by atoms with Crippen LogP contribution in [0.3, 0.4) is 0 Å². The van der Waals surface area contributed by atoms with Crippen molar-refractivity contribution < 1.29 is 7.84 Å². The van der Waals surface area contributed by atoms with Crippen molar-refractivity contribution in [2.75, 3.05) is 0 Å². The second-order valence-corrected chi connectivity index (χ2v) is 0.548. The molecule has 0 spiro atoms. The van der Waals surface area contributed by atoms with Gasteiger partial charge in [0.1, 0.15) is 0 Å². The van der Waals surface area contributed by atoms with Gasteiger partial charge in [0.25, 0.3) is 0 Å². The minimum Gasteiger partial charge on any atom is 0 e. The molecule has 0 aromatic heterocycles. The first-order chi connectivity index (χ1) is 1.41. The Morgan fingerprint density at radius 3 is 1.75 bits per heavy atom. The van der Waals surface area contributed by atoms with Gasteiger partial charge in [-0.1, -0.05) is 0 Å². The zero-order valence-corrected chi connectivity index (χ0v) is 6.86. The smallest absolute Gasteiger partial charge is 0 e. The summed E-state index contributed by atoms with van der Waals surface area (Å²) in [5, 5.41) is 0. The molecule has 0 aromatic carbocycles. The molecular formula is H3AsNaO2. The predicted octanol–water partition coefficient (Wildman–Crippen LogP) is -1.97. The van der Waals surface area contributed by atoms with Gasteiger partial charge in [0.05, 0.1) is 0 Å². The van der Waals surface area contributed by atoms with Crippen LogP contribution in [0, 0.1) is 0 Å². The molecule has 4 heavy (non-hydrogen) atoms. The van der Waals surface area contributed by atoms with Crippen molar-refractivity contribution in [2.45, 2.75) is 0 Å². The molecule has 21 valence electrons. The van der Waals surface area contributed by atoms with Crippen molar-refractivity contribution in [3.05, 3.63) is 0 Å². The van der Waals surface area contributed by atoms with Gasteiger partial charge in [-0.25, -0.2) is 0 Å². The Morgan fingerprint density at radius 1 is 1.75 bits per heavy atom. The Hall–Kier alpha value is 1.32. The van der Waals surface area contributed by atoms with E-state index < -0.39 is 16.0 Å². The van der Waals surface area contributed by atoms with Crippen LogP contribution in [0.5, 0.6) is 0 Å². The maximum Gasteiger partial charge on any atom is 0 e. The van der Waals surface area contributed by atoms with Crippen molar-refractivity contribution >= 4 is 45.6 Å². The maximum atomic E-state index is 8.64. The zero-order chi connectivity index (χ0) is 2.71. The van der Waals surface area contributed by atoms with Crippen molar-refractivity contribution in [1.29, 1.82) is 0 Å². The molecule has 1 atom stereocenters. The van der Waals surface area contributed by atoms with Crippen molar-refractivity contribution in [1.82, 2.24) is 0 Å². The van der Waals surface area contributed by atoms with Crippen molar-refractivity contribution in [2.24, 2.45) is 0 Å². The van der Waals surface area contributed by atoms with Crippen LogP contribution in [0.4, 0.5) is 0 Å². The molecule has 2 nitrogen and oxygen atoms in total. The Morgan fingerprint density at radius 2 is 1.75 bits per heavy atom. The van der Waals surface area contributed by atoms with E-state index in [1.165, 1.54) is 0 Å². The third kappa shape index (κ3) is 10.3. The summed E-state index contributed by atoms with van der Waals surface area (Å²) in [6.45, 7) is 0. The minimum absolute atomic E-state index is 0. The second kappa shape index (κ2) is 8.85. The first kappa shape index (κ1) is 9.01. The summed E-state index contributed by atoms with van der Waals surface area (Å²) in [4.78, 5) is 0. The Labute approximate surface area is 53.1 Å². The van der Waals surface area contributed by atoms with Gasteiger partial charge in [-0.05, 0) is 0 Å². The topological polar surface area (TPSA) is 37.3 Å². The van der Waals surface area contributed by atoms with E-state index in [1.54, 1.807) is 0 Å². The summed E-state index contributed by atoms with van der Waals surface area (Å²) in [6, 6.07) is 0. The summed E-state index contributed by atoms with van der Waals surface area (Å²) in [5.41, 5.74) is 0. The van der Waals surface area contributed by atoms with Crippen LogP contribution < -0.4 is 0 Å². The fourth-order valence-electron chi connectivity index (χ4n) is 0. The van der Waals surface area contributed by atoms with E-state index >= 15 is 0 Å². The standard InChI is InChI=1S/AsH3O2.Na/c2-1-3;/h1H2,(H,2,3);. The van der Waals surface area contributed by atoms with Gasteiger partial charge in [-0.3, -0.25) is 0 Å². The van der Waals surface area contributed by atoms with Crippen LogP contribution in [-0.2, 0) is 3.74 Å². The summed E-state index contributed by atoms with van der Waals surface area (Å²) in [7, 11) is 0. The van der Waals surface area contributed by atoms with E-state index in [-0.39, 0.29) is 29.6 Å². The van der Waals surface area contributed by atoms with Gasteiger partial charge in [0.2, 0.25) is 0 Å². The van der Waals surface area contributed by atoms with E-state index in [9.17, 15) is 0 Å². The molecule has 1 unspecified atom stereocenters. The SMILES string of the molecule is O=[AsH2]O.[Na]. The first-order valence-electron chi connectivity index (χ1n) is 0.494. The number of rotatable bonds is 0. The largest absolute Gasteiger partial charge is 0 e. The van der Waals surface area contributed by atoms with Gasteiger partial charge < -0.3 is 0 Å². The van der Waals surface area contributed by atoms with Crippen LogP contribution in [0.1, 0.15) is 0 Å². The molecule has 1 N–H and O–H groups in total. The van der Waals surface area contributed by atoms with Gasteiger partial charge in [0.15, 0.2) is 0 Å². The normalized spacial score (nSPS) is 7.25. The predicted molar refractivity (Wildman–Crippen MR) is 17.2 cm³/mol. The molecule has 0 fully saturated rings. The maximum absolute atomic E-state index is 8.64. The fraction of sp³-hybridized carbons (Fsp3) is 0. The van der Waals surface area contributed by atoms with E-state index in [2.05, 4.69) is 0 Å². The van der Waals surface area contributed by atoms with Gasteiger partial charge in [-0.15, -0.1) is 0 Å². The van der Waals surface area contributed by atoms with Crippen LogP contribution in [0.25, 0.3) is 0 Å². The van der Waals surface area contributed by atoms with E-state index in [0.29, 0.717) is 0 Å². The van der Waals surface area contributed by atoms with Crippen LogP contribution in [-0.4, -0.2) is 49.7 Å². The molecule has 0 saturated heterocycles. The van der Waals surface area contributed by atoms with E-state index in [0.717, 1.165) is 0 Å². The van der Waals surface area contributed by atoms with E-state index in [1.807, 2.05) is 0 Å². The molecular weight excluding hydrogens is 130 g/mol. The second-order valence-electron chi connectivity index (χ2n) is 0.105. The van der Waals surface area contributed by atoms with Gasteiger partial charge in [-0.2, -0.15) is 0 Å². The molecule has 0 aliphatic rings. The monoisotopic (exact) mass is 133 g/mol. The minimum atomic E-state index is -1.94. The van der Waals surface area contributed by atoms with Gasteiger partial charge in [0, 0.05) is 29.6 Å². The average molecular weight is 133 g/mol.